The lowest BCUT2D eigenvalue weighted by atomic mass is 9.43. The highest BCUT2D eigenvalue weighted by Gasteiger charge is 2.65. The van der Waals surface area contributed by atoms with Gasteiger partial charge in [0.2, 0.25) is 0 Å². The van der Waals surface area contributed by atoms with Gasteiger partial charge in [0, 0.05) is 18.3 Å². The van der Waals surface area contributed by atoms with Gasteiger partial charge in [-0.25, -0.2) is 0 Å². The molecule has 29 heavy (non-hydrogen) atoms. The van der Waals surface area contributed by atoms with Gasteiger partial charge in [0.05, 0.1) is 12.2 Å². The quantitative estimate of drug-likeness (QED) is 0.662. The van der Waals surface area contributed by atoms with Gasteiger partial charge in [0.25, 0.3) is 0 Å². The van der Waals surface area contributed by atoms with Crippen LogP contribution >= 0.6 is 0 Å². The molecule has 5 heteroatoms. The molecular formula is C24H38O5. The van der Waals surface area contributed by atoms with Crippen LogP contribution in [0.15, 0.2) is 0 Å². The van der Waals surface area contributed by atoms with E-state index in [2.05, 4.69) is 20.8 Å². The first-order chi connectivity index (χ1) is 13.6. The van der Waals surface area contributed by atoms with Crippen molar-refractivity contribution in [2.45, 2.75) is 90.8 Å². The van der Waals surface area contributed by atoms with Gasteiger partial charge in [-0.15, -0.1) is 0 Å². The van der Waals surface area contributed by atoms with Crippen molar-refractivity contribution in [3.63, 3.8) is 0 Å². The van der Waals surface area contributed by atoms with E-state index in [1.165, 1.54) is 0 Å². The van der Waals surface area contributed by atoms with Crippen LogP contribution in [0.5, 0.6) is 0 Å². The van der Waals surface area contributed by atoms with E-state index in [0.717, 1.165) is 38.5 Å². The summed E-state index contributed by atoms with van der Waals surface area (Å²) in [4.78, 5) is 24.7. The third-order valence-electron chi connectivity index (χ3n) is 10.1. The van der Waals surface area contributed by atoms with E-state index in [1.807, 2.05) is 0 Å². The molecule has 0 heterocycles. The molecule has 4 aliphatic rings. The van der Waals surface area contributed by atoms with Crippen LogP contribution in [0.4, 0.5) is 0 Å². The summed E-state index contributed by atoms with van der Waals surface area (Å²) in [7, 11) is 0. The van der Waals surface area contributed by atoms with Crippen LogP contribution < -0.4 is 0 Å². The third-order valence-corrected chi connectivity index (χ3v) is 10.1. The lowest BCUT2D eigenvalue weighted by Gasteiger charge is -2.61. The predicted molar refractivity (Wildman–Crippen MR) is 109 cm³/mol. The number of Topliss-reactive ketones (excluding diaryl/α,β-unsaturated/α-hetero) is 1. The molecule has 0 amide bonds. The summed E-state index contributed by atoms with van der Waals surface area (Å²) in [5, 5.41) is 30.5. The summed E-state index contributed by atoms with van der Waals surface area (Å²) in [5.74, 6) is 0.855. The molecule has 1 unspecified atom stereocenters. The Morgan fingerprint density at radius 2 is 1.86 bits per heavy atom. The van der Waals surface area contributed by atoms with E-state index >= 15 is 0 Å². The topological polar surface area (TPSA) is 94.8 Å². The molecule has 164 valence electrons. The zero-order valence-electron chi connectivity index (χ0n) is 18.1. The standard InChI is InChI=1S/C24H38O5/c1-13(4-7-21(28)29)16-5-6-17-22-18(12-20(27)24(16,17)3)23(2)9-8-15(25)10-14(23)11-19(22)26/h13-19,22,25-26H,4-12H2,1-3H3,(H,28,29)/t13-,14+,15-,16-,17+,18?,19-,22+,23+,24-/m1/s1. The number of fused-ring (bicyclic) bond motifs is 5. The summed E-state index contributed by atoms with van der Waals surface area (Å²) < 4.78 is 0. The Balaban J connectivity index is 1.62. The van der Waals surface area contributed by atoms with E-state index < -0.39 is 17.5 Å². The molecule has 0 spiro atoms. The molecular weight excluding hydrogens is 368 g/mol. The van der Waals surface area contributed by atoms with Crippen LogP contribution in [0, 0.1) is 46.3 Å². The highest BCUT2D eigenvalue weighted by Crippen LogP contribution is 2.67. The number of aliphatic hydroxyl groups is 2. The Morgan fingerprint density at radius 3 is 2.55 bits per heavy atom. The molecule has 4 fully saturated rings. The lowest BCUT2D eigenvalue weighted by Crippen LogP contribution is -2.61. The van der Waals surface area contributed by atoms with E-state index in [1.54, 1.807) is 0 Å². The molecule has 0 aromatic rings. The van der Waals surface area contributed by atoms with Crippen molar-refractivity contribution in [3.8, 4) is 0 Å². The average Bonchev–Trinajstić information content (AvgIpc) is 3.01. The second kappa shape index (κ2) is 7.33. The van der Waals surface area contributed by atoms with Crippen LogP contribution in [0.2, 0.25) is 0 Å². The van der Waals surface area contributed by atoms with Crippen molar-refractivity contribution in [1.82, 2.24) is 0 Å². The molecule has 0 saturated heterocycles. The van der Waals surface area contributed by atoms with Crippen molar-refractivity contribution in [3.05, 3.63) is 0 Å². The fourth-order valence-corrected chi connectivity index (χ4v) is 8.41. The molecule has 4 saturated carbocycles. The number of aliphatic carboxylic acids is 1. The summed E-state index contributed by atoms with van der Waals surface area (Å²) >= 11 is 0. The fourth-order valence-electron chi connectivity index (χ4n) is 8.41. The average molecular weight is 407 g/mol. The number of hydrogen-bond acceptors (Lipinski definition) is 4. The highest BCUT2D eigenvalue weighted by atomic mass is 16.4. The van der Waals surface area contributed by atoms with Gasteiger partial charge >= 0.3 is 5.97 Å². The smallest absolute Gasteiger partial charge is 0.303 e. The monoisotopic (exact) mass is 406 g/mol. The fraction of sp³-hybridized carbons (Fsp3) is 0.917. The molecule has 0 bridgehead atoms. The third kappa shape index (κ3) is 3.18. The van der Waals surface area contributed by atoms with Gasteiger partial charge in [0.15, 0.2) is 0 Å². The van der Waals surface area contributed by atoms with Crippen LogP contribution in [-0.2, 0) is 9.59 Å². The van der Waals surface area contributed by atoms with Gasteiger partial charge < -0.3 is 15.3 Å². The SMILES string of the molecule is C[C@H](CCC(=O)O)[C@H]1CC[C@H]2[C@H]3C(CC(=O)[C@]12C)[C@@]1(C)CC[C@@H](O)C[C@H]1C[C@H]3O. The minimum Gasteiger partial charge on any atom is -0.481 e. The van der Waals surface area contributed by atoms with Crippen LogP contribution in [0.3, 0.4) is 0 Å². The molecule has 4 rings (SSSR count). The zero-order chi connectivity index (χ0) is 21.1. The second-order valence-electron chi connectivity index (χ2n) is 11.2. The Labute approximate surface area is 174 Å². The maximum atomic E-state index is 13.6. The number of carbonyl (C=O) groups excluding carboxylic acids is 1. The molecule has 0 aliphatic heterocycles. The first-order valence-corrected chi connectivity index (χ1v) is 11.7. The number of rotatable bonds is 4. The minimum atomic E-state index is -0.771. The van der Waals surface area contributed by atoms with Crippen LogP contribution in [-0.4, -0.2) is 39.3 Å². The lowest BCUT2D eigenvalue weighted by molar-refractivity contribution is -0.181. The van der Waals surface area contributed by atoms with E-state index in [9.17, 15) is 19.8 Å². The number of carboxylic acids is 1. The minimum absolute atomic E-state index is 0.0348. The molecule has 4 aliphatic carbocycles. The summed E-state index contributed by atoms with van der Waals surface area (Å²) in [6, 6.07) is 0. The molecule has 0 radical (unpaired) electrons. The van der Waals surface area contributed by atoms with Crippen molar-refractivity contribution < 1.29 is 24.9 Å². The Kier molecular flexibility index (Phi) is 5.39. The number of ketones is 1. The van der Waals surface area contributed by atoms with Crippen molar-refractivity contribution in [1.29, 1.82) is 0 Å². The zero-order valence-corrected chi connectivity index (χ0v) is 18.1. The largest absolute Gasteiger partial charge is 0.481 e. The number of carboxylic acid groups (broad SMARTS) is 1. The van der Waals surface area contributed by atoms with E-state index in [-0.39, 0.29) is 47.5 Å². The maximum absolute atomic E-state index is 13.6. The van der Waals surface area contributed by atoms with Gasteiger partial charge in [-0.2, -0.15) is 0 Å². The molecule has 10 atom stereocenters. The first-order valence-electron chi connectivity index (χ1n) is 11.7. The Morgan fingerprint density at radius 1 is 1.14 bits per heavy atom. The van der Waals surface area contributed by atoms with Gasteiger partial charge in [-0.3, -0.25) is 9.59 Å². The summed E-state index contributed by atoms with van der Waals surface area (Å²) in [5.41, 5.74) is -0.398. The molecule has 0 aromatic heterocycles. The molecule has 0 aromatic carbocycles. The first kappa shape index (κ1) is 21.3. The number of aliphatic hydroxyl groups excluding tert-OH is 2. The van der Waals surface area contributed by atoms with Gasteiger partial charge in [0.1, 0.15) is 5.78 Å². The maximum Gasteiger partial charge on any atom is 0.303 e. The second-order valence-corrected chi connectivity index (χ2v) is 11.2. The summed E-state index contributed by atoms with van der Waals surface area (Å²) in [6.45, 7) is 6.54. The Bertz CT molecular complexity index is 676. The van der Waals surface area contributed by atoms with E-state index in [4.69, 9.17) is 5.11 Å². The number of hydrogen-bond donors (Lipinski definition) is 3. The van der Waals surface area contributed by atoms with Crippen molar-refractivity contribution in [2.24, 2.45) is 46.3 Å². The normalized spacial score (nSPS) is 50.4. The number of carbonyl (C=O) groups is 2. The molecule has 5 nitrogen and oxygen atoms in total. The van der Waals surface area contributed by atoms with Crippen LogP contribution in [0.25, 0.3) is 0 Å². The highest BCUT2D eigenvalue weighted by molar-refractivity contribution is 5.87. The van der Waals surface area contributed by atoms with Gasteiger partial charge in [-0.05, 0) is 85.9 Å². The van der Waals surface area contributed by atoms with Crippen molar-refractivity contribution >= 4 is 11.8 Å². The van der Waals surface area contributed by atoms with E-state index in [0.29, 0.717) is 24.5 Å². The van der Waals surface area contributed by atoms with Crippen molar-refractivity contribution in [2.75, 3.05) is 0 Å². The van der Waals surface area contributed by atoms with Gasteiger partial charge in [-0.1, -0.05) is 20.8 Å². The predicted octanol–water partition coefficient (Wildman–Crippen LogP) is 3.66. The Hall–Kier alpha value is -0.940. The van der Waals surface area contributed by atoms with Crippen LogP contribution in [0.1, 0.15) is 78.6 Å². The molecule has 3 N–H and O–H groups in total. The summed E-state index contributed by atoms with van der Waals surface area (Å²) in [6.07, 6.45) is 5.82.